The first-order valence-electron chi connectivity index (χ1n) is 5.43. The minimum absolute atomic E-state index is 0.446. The van der Waals surface area contributed by atoms with Gasteiger partial charge in [0, 0.05) is 6.04 Å². The van der Waals surface area contributed by atoms with Crippen LogP contribution < -0.4 is 4.74 Å². The fourth-order valence-electron chi connectivity index (χ4n) is 1.63. The molecule has 0 saturated heterocycles. The van der Waals surface area contributed by atoms with E-state index in [2.05, 4.69) is 51.0 Å². The van der Waals surface area contributed by atoms with Crippen molar-refractivity contribution >= 4 is 0 Å². The lowest BCUT2D eigenvalue weighted by Gasteiger charge is -2.21. The third kappa shape index (κ3) is 2.72. The maximum atomic E-state index is 5.32. The fourth-order valence-corrected chi connectivity index (χ4v) is 1.63. The molecule has 0 amide bonds. The number of hydrogen-bond donors (Lipinski definition) is 0. The summed E-state index contributed by atoms with van der Waals surface area (Å²) in [5.74, 6) is 0.993. The van der Waals surface area contributed by atoms with Crippen LogP contribution in [0.25, 0.3) is 0 Å². The number of nitrogens with zero attached hydrogens (tertiary/aromatic N) is 1. The molecule has 0 aliphatic rings. The Kier molecular flexibility index (Phi) is 4.15. The highest BCUT2D eigenvalue weighted by molar-refractivity contribution is 5.38. The van der Waals surface area contributed by atoms with Gasteiger partial charge in [0.1, 0.15) is 5.75 Å². The van der Waals surface area contributed by atoms with Crippen LogP contribution in [-0.2, 0) is 6.42 Å². The van der Waals surface area contributed by atoms with Crippen molar-refractivity contribution in [2.45, 2.75) is 26.3 Å². The monoisotopic (exact) mass is 207 g/mol. The van der Waals surface area contributed by atoms with E-state index in [0.717, 1.165) is 12.2 Å². The number of rotatable bonds is 4. The summed E-state index contributed by atoms with van der Waals surface area (Å²) in [5, 5.41) is 0. The standard InChI is InChI=1S/C13H21NO/c1-6-11-9-12(10(2)14(3)4)7-8-13(11)15-5/h7-10H,6H2,1-5H3. The molecule has 0 aliphatic heterocycles. The molecule has 0 aromatic heterocycles. The summed E-state index contributed by atoms with van der Waals surface area (Å²) >= 11 is 0. The summed E-state index contributed by atoms with van der Waals surface area (Å²) in [5.41, 5.74) is 2.63. The van der Waals surface area contributed by atoms with E-state index in [1.54, 1.807) is 7.11 Å². The maximum Gasteiger partial charge on any atom is 0.122 e. The van der Waals surface area contributed by atoms with Gasteiger partial charge in [-0.25, -0.2) is 0 Å². The smallest absolute Gasteiger partial charge is 0.122 e. The Labute approximate surface area is 92.9 Å². The van der Waals surface area contributed by atoms with Crippen LogP contribution in [0.4, 0.5) is 0 Å². The Balaban J connectivity index is 3.02. The Morgan fingerprint density at radius 1 is 1.33 bits per heavy atom. The van der Waals surface area contributed by atoms with E-state index in [0.29, 0.717) is 6.04 Å². The van der Waals surface area contributed by atoms with E-state index >= 15 is 0 Å². The Bertz CT molecular complexity index is 320. The lowest BCUT2D eigenvalue weighted by Crippen LogP contribution is -2.16. The number of methoxy groups -OCH3 is 1. The molecule has 1 unspecified atom stereocenters. The number of aryl methyl sites for hydroxylation is 1. The molecule has 0 aliphatic carbocycles. The van der Waals surface area contributed by atoms with Crippen LogP contribution in [0, 0.1) is 0 Å². The van der Waals surface area contributed by atoms with Crippen LogP contribution in [0.1, 0.15) is 31.0 Å². The molecular formula is C13H21NO. The molecule has 0 saturated carbocycles. The summed E-state index contributed by atoms with van der Waals surface area (Å²) in [6, 6.07) is 6.89. The van der Waals surface area contributed by atoms with Crippen molar-refractivity contribution in [1.29, 1.82) is 0 Å². The molecule has 0 heterocycles. The zero-order valence-corrected chi connectivity index (χ0v) is 10.4. The van der Waals surface area contributed by atoms with Crippen LogP contribution >= 0.6 is 0 Å². The van der Waals surface area contributed by atoms with Gasteiger partial charge in [0.25, 0.3) is 0 Å². The molecule has 1 atom stereocenters. The van der Waals surface area contributed by atoms with Crippen molar-refractivity contribution in [3.8, 4) is 5.75 Å². The zero-order chi connectivity index (χ0) is 11.4. The van der Waals surface area contributed by atoms with Crippen LogP contribution in [0.2, 0.25) is 0 Å². The quantitative estimate of drug-likeness (QED) is 0.752. The maximum absolute atomic E-state index is 5.32. The molecule has 0 bridgehead atoms. The van der Waals surface area contributed by atoms with Crippen molar-refractivity contribution in [2.24, 2.45) is 0 Å². The van der Waals surface area contributed by atoms with Crippen LogP contribution in [0.15, 0.2) is 18.2 Å². The summed E-state index contributed by atoms with van der Waals surface area (Å²) in [7, 11) is 5.92. The second-order valence-electron chi connectivity index (χ2n) is 4.06. The first-order valence-corrected chi connectivity index (χ1v) is 5.43. The summed E-state index contributed by atoms with van der Waals surface area (Å²) in [6.07, 6.45) is 1.01. The van der Waals surface area contributed by atoms with Gasteiger partial charge >= 0.3 is 0 Å². The minimum Gasteiger partial charge on any atom is -0.496 e. The van der Waals surface area contributed by atoms with Crippen molar-refractivity contribution in [3.05, 3.63) is 29.3 Å². The highest BCUT2D eigenvalue weighted by Crippen LogP contribution is 2.25. The van der Waals surface area contributed by atoms with Gasteiger partial charge in [-0.3, -0.25) is 0 Å². The van der Waals surface area contributed by atoms with Gasteiger partial charge in [0.15, 0.2) is 0 Å². The highest BCUT2D eigenvalue weighted by atomic mass is 16.5. The van der Waals surface area contributed by atoms with Gasteiger partial charge in [-0.05, 0) is 44.6 Å². The van der Waals surface area contributed by atoms with E-state index < -0.39 is 0 Å². The van der Waals surface area contributed by atoms with E-state index in [-0.39, 0.29) is 0 Å². The lowest BCUT2D eigenvalue weighted by atomic mass is 10.0. The number of ether oxygens (including phenoxy) is 1. The average Bonchev–Trinajstić information content (AvgIpc) is 2.26. The molecule has 0 radical (unpaired) electrons. The highest BCUT2D eigenvalue weighted by Gasteiger charge is 2.10. The van der Waals surface area contributed by atoms with E-state index in [9.17, 15) is 0 Å². The Morgan fingerprint density at radius 2 is 2.00 bits per heavy atom. The fraction of sp³-hybridized carbons (Fsp3) is 0.538. The summed E-state index contributed by atoms with van der Waals surface area (Å²) in [4.78, 5) is 2.21. The Hall–Kier alpha value is -1.02. The molecule has 2 heteroatoms. The largest absolute Gasteiger partial charge is 0.496 e. The topological polar surface area (TPSA) is 12.5 Å². The van der Waals surface area contributed by atoms with Crippen molar-refractivity contribution in [2.75, 3.05) is 21.2 Å². The predicted molar refractivity (Wildman–Crippen MR) is 64.5 cm³/mol. The number of benzene rings is 1. The second-order valence-corrected chi connectivity index (χ2v) is 4.06. The van der Waals surface area contributed by atoms with Crippen LogP contribution in [-0.4, -0.2) is 26.1 Å². The van der Waals surface area contributed by atoms with Crippen molar-refractivity contribution in [3.63, 3.8) is 0 Å². The molecule has 2 nitrogen and oxygen atoms in total. The van der Waals surface area contributed by atoms with Crippen molar-refractivity contribution < 1.29 is 4.74 Å². The zero-order valence-electron chi connectivity index (χ0n) is 10.4. The summed E-state index contributed by atoms with van der Waals surface area (Å²) < 4.78 is 5.32. The lowest BCUT2D eigenvalue weighted by molar-refractivity contribution is 0.320. The average molecular weight is 207 g/mol. The molecule has 1 rings (SSSR count). The first-order chi connectivity index (χ1) is 7.10. The van der Waals surface area contributed by atoms with Gasteiger partial charge in [0.05, 0.1) is 7.11 Å². The molecule has 0 fully saturated rings. The third-order valence-electron chi connectivity index (χ3n) is 2.94. The normalized spacial score (nSPS) is 12.9. The van der Waals surface area contributed by atoms with Crippen molar-refractivity contribution in [1.82, 2.24) is 4.90 Å². The molecule has 84 valence electrons. The number of hydrogen-bond acceptors (Lipinski definition) is 2. The SMILES string of the molecule is CCc1cc(C(C)N(C)C)ccc1OC. The van der Waals surface area contributed by atoms with Crippen LogP contribution in [0.5, 0.6) is 5.75 Å². The van der Waals surface area contributed by atoms with Gasteiger partial charge in [-0.2, -0.15) is 0 Å². The molecule has 1 aromatic rings. The van der Waals surface area contributed by atoms with Crippen LogP contribution in [0.3, 0.4) is 0 Å². The van der Waals surface area contributed by atoms with E-state index in [4.69, 9.17) is 4.74 Å². The predicted octanol–water partition coefficient (Wildman–Crippen LogP) is 2.88. The molecule has 0 N–H and O–H groups in total. The molecular weight excluding hydrogens is 186 g/mol. The van der Waals surface area contributed by atoms with E-state index in [1.165, 1.54) is 11.1 Å². The first kappa shape index (κ1) is 12.1. The molecule has 15 heavy (non-hydrogen) atoms. The van der Waals surface area contributed by atoms with E-state index in [1.807, 2.05) is 0 Å². The minimum atomic E-state index is 0.446. The molecule has 0 spiro atoms. The third-order valence-corrected chi connectivity index (χ3v) is 2.94. The van der Waals surface area contributed by atoms with Gasteiger partial charge in [-0.1, -0.05) is 19.1 Å². The Morgan fingerprint density at radius 3 is 2.47 bits per heavy atom. The van der Waals surface area contributed by atoms with Gasteiger partial charge < -0.3 is 9.64 Å². The molecule has 1 aromatic carbocycles. The second kappa shape index (κ2) is 5.17. The van der Waals surface area contributed by atoms with Gasteiger partial charge in [0.2, 0.25) is 0 Å². The summed E-state index contributed by atoms with van der Waals surface area (Å²) in [6.45, 7) is 4.36. The van der Waals surface area contributed by atoms with Gasteiger partial charge in [-0.15, -0.1) is 0 Å².